The highest BCUT2D eigenvalue weighted by molar-refractivity contribution is 5.06. The Morgan fingerprint density at radius 3 is 2.72 bits per heavy atom. The van der Waals surface area contributed by atoms with Crippen molar-refractivity contribution in [2.45, 2.75) is 24.5 Å². The summed E-state index contributed by atoms with van der Waals surface area (Å²) in [4.78, 5) is 15.3. The van der Waals surface area contributed by atoms with Gasteiger partial charge in [0.2, 0.25) is 5.88 Å². The SMILES string of the molecule is COc1ccn(C2O[C@H](CO)[C@@H](O)[C@H]2O)c(=O)n1. The number of hydrogen-bond donors (Lipinski definition) is 3. The molecular formula is C10H14N2O6. The molecule has 1 unspecified atom stereocenters. The normalized spacial score (nSPS) is 31.6. The second kappa shape index (κ2) is 5.02. The van der Waals surface area contributed by atoms with Gasteiger partial charge in [0.05, 0.1) is 13.7 Å². The topological polar surface area (TPSA) is 114 Å². The molecule has 1 saturated heterocycles. The number of aliphatic hydroxyl groups is 3. The zero-order valence-electron chi connectivity index (χ0n) is 9.63. The summed E-state index contributed by atoms with van der Waals surface area (Å²) in [6, 6.07) is 1.43. The molecule has 1 aliphatic heterocycles. The van der Waals surface area contributed by atoms with Crippen molar-refractivity contribution >= 4 is 0 Å². The molecule has 1 aromatic rings. The minimum Gasteiger partial charge on any atom is -0.481 e. The fourth-order valence-corrected chi connectivity index (χ4v) is 1.81. The maximum Gasteiger partial charge on any atom is 0.353 e. The van der Waals surface area contributed by atoms with E-state index in [0.29, 0.717) is 0 Å². The molecule has 0 amide bonds. The molecule has 8 heteroatoms. The van der Waals surface area contributed by atoms with Gasteiger partial charge in [0.25, 0.3) is 0 Å². The van der Waals surface area contributed by atoms with Crippen molar-refractivity contribution in [3.63, 3.8) is 0 Å². The maximum atomic E-state index is 11.7. The maximum absolute atomic E-state index is 11.7. The minimum absolute atomic E-state index is 0.142. The molecule has 2 rings (SSSR count). The van der Waals surface area contributed by atoms with Crippen molar-refractivity contribution in [3.8, 4) is 5.88 Å². The van der Waals surface area contributed by atoms with Crippen LogP contribution in [0.3, 0.4) is 0 Å². The zero-order chi connectivity index (χ0) is 13.3. The first-order chi connectivity index (χ1) is 8.58. The van der Waals surface area contributed by atoms with Crippen molar-refractivity contribution in [2.75, 3.05) is 13.7 Å². The second-order valence-corrected chi connectivity index (χ2v) is 3.89. The third kappa shape index (κ3) is 2.10. The van der Waals surface area contributed by atoms with Crippen molar-refractivity contribution in [3.05, 3.63) is 22.7 Å². The first-order valence-electron chi connectivity index (χ1n) is 5.34. The highest BCUT2D eigenvalue weighted by Crippen LogP contribution is 2.28. The van der Waals surface area contributed by atoms with E-state index in [2.05, 4.69) is 4.98 Å². The van der Waals surface area contributed by atoms with Crippen LogP contribution in [0.1, 0.15) is 6.23 Å². The molecule has 18 heavy (non-hydrogen) atoms. The molecule has 0 radical (unpaired) electrons. The molecule has 3 N–H and O–H groups in total. The van der Waals surface area contributed by atoms with Crippen LogP contribution in [0.4, 0.5) is 0 Å². The molecule has 8 nitrogen and oxygen atoms in total. The third-order valence-corrected chi connectivity index (χ3v) is 2.80. The van der Waals surface area contributed by atoms with Gasteiger partial charge in [-0.15, -0.1) is 0 Å². The van der Waals surface area contributed by atoms with Crippen LogP contribution in [0.25, 0.3) is 0 Å². The molecule has 1 fully saturated rings. The van der Waals surface area contributed by atoms with E-state index in [9.17, 15) is 15.0 Å². The second-order valence-electron chi connectivity index (χ2n) is 3.89. The Labute approximate surface area is 102 Å². The van der Waals surface area contributed by atoms with E-state index in [-0.39, 0.29) is 5.88 Å². The van der Waals surface area contributed by atoms with Gasteiger partial charge in [-0.2, -0.15) is 4.98 Å². The fraction of sp³-hybridized carbons (Fsp3) is 0.600. The van der Waals surface area contributed by atoms with E-state index < -0.39 is 36.8 Å². The highest BCUT2D eigenvalue weighted by atomic mass is 16.6. The van der Waals surface area contributed by atoms with Crippen LogP contribution in [-0.4, -0.2) is 56.9 Å². The summed E-state index contributed by atoms with van der Waals surface area (Å²) in [5.41, 5.74) is -0.677. The summed E-state index contributed by atoms with van der Waals surface area (Å²) in [5.74, 6) is 0.142. The first-order valence-corrected chi connectivity index (χ1v) is 5.34. The molecule has 0 bridgehead atoms. The van der Waals surface area contributed by atoms with Gasteiger partial charge >= 0.3 is 5.69 Å². The smallest absolute Gasteiger partial charge is 0.353 e. The molecule has 1 aliphatic rings. The van der Waals surface area contributed by atoms with Gasteiger partial charge in [0.15, 0.2) is 6.23 Å². The third-order valence-electron chi connectivity index (χ3n) is 2.80. The summed E-state index contributed by atoms with van der Waals surface area (Å²) in [5, 5.41) is 28.3. The molecule has 4 atom stereocenters. The molecular weight excluding hydrogens is 244 g/mol. The Balaban J connectivity index is 2.30. The van der Waals surface area contributed by atoms with Gasteiger partial charge in [-0.1, -0.05) is 0 Å². The number of ether oxygens (including phenoxy) is 2. The van der Waals surface area contributed by atoms with Crippen LogP contribution in [-0.2, 0) is 4.74 Å². The van der Waals surface area contributed by atoms with Crippen molar-refractivity contribution < 1.29 is 24.8 Å². The van der Waals surface area contributed by atoms with Crippen LogP contribution in [0.2, 0.25) is 0 Å². The van der Waals surface area contributed by atoms with Crippen molar-refractivity contribution in [2.24, 2.45) is 0 Å². The molecule has 2 heterocycles. The van der Waals surface area contributed by atoms with E-state index in [1.165, 1.54) is 19.4 Å². The van der Waals surface area contributed by atoms with Crippen LogP contribution in [0.5, 0.6) is 5.88 Å². The summed E-state index contributed by atoms with van der Waals surface area (Å²) in [6.07, 6.45) is -3.24. The number of hydrogen-bond acceptors (Lipinski definition) is 7. The zero-order valence-corrected chi connectivity index (χ0v) is 9.63. The van der Waals surface area contributed by atoms with Gasteiger partial charge in [-0.25, -0.2) is 4.79 Å². The van der Waals surface area contributed by atoms with E-state index in [0.717, 1.165) is 4.57 Å². The largest absolute Gasteiger partial charge is 0.481 e. The lowest BCUT2D eigenvalue weighted by Crippen LogP contribution is -2.35. The summed E-state index contributed by atoms with van der Waals surface area (Å²) in [7, 11) is 1.37. The summed E-state index contributed by atoms with van der Waals surface area (Å²) >= 11 is 0. The number of rotatable bonds is 3. The minimum atomic E-state index is -1.31. The highest BCUT2D eigenvalue weighted by Gasteiger charge is 2.43. The van der Waals surface area contributed by atoms with Crippen molar-refractivity contribution in [1.82, 2.24) is 9.55 Å². The van der Waals surface area contributed by atoms with Crippen LogP contribution in [0, 0.1) is 0 Å². The predicted octanol–water partition coefficient (Wildman–Crippen LogP) is -2.14. The quantitative estimate of drug-likeness (QED) is 0.567. The van der Waals surface area contributed by atoms with E-state index >= 15 is 0 Å². The Morgan fingerprint density at radius 1 is 1.50 bits per heavy atom. The lowest BCUT2D eigenvalue weighted by Gasteiger charge is -2.16. The number of aromatic nitrogens is 2. The molecule has 0 aromatic carbocycles. The van der Waals surface area contributed by atoms with Gasteiger partial charge < -0.3 is 24.8 Å². The number of aliphatic hydroxyl groups excluding tert-OH is 3. The Bertz CT molecular complexity index is 476. The van der Waals surface area contributed by atoms with Crippen LogP contribution in [0.15, 0.2) is 17.1 Å². The van der Waals surface area contributed by atoms with Gasteiger partial charge in [0.1, 0.15) is 18.3 Å². The van der Waals surface area contributed by atoms with Gasteiger partial charge in [0, 0.05) is 12.3 Å². The predicted molar refractivity (Wildman–Crippen MR) is 58.1 cm³/mol. The lowest BCUT2D eigenvalue weighted by atomic mass is 10.1. The molecule has 0 spiro atoms. The van der Waals surface area contributed by atoms with E-state index in [4.69, 9.17) is 14.6 Å². The van der Waals surface area contributed by atoms with Crippen LogP contribution >= 0.6 is 0 Å². The Morgan fingerprint density at radius 2 is 2.22 bits per heavy atom. The van der Waals surface area contributed by atoms with Gasteiger partial charge in [-0.05, 0) is 0 Å². The molecule has 0 aliphatic carbocycles. The van der Waals surface area contributed by atoms with E-state index in [1.54, 1.807) is 0 Å². The Kier molecular flexibility index (Phi) is 3.62. The molecule has 0 saturated carbocycles. The number of nitrogens with zero attached hydrogens (tertiary/aromatic N) is 2. The standard InChI is InChI=1S/C10H14N2O6/c1-17-6-2-3-12(10(16)11-6)9-8(15)7(14)5(4-13)18-9/h2-3,5,7-9,13-15H,4H2,1H3/t5-,7-,8-,9?/m1/s1. The fourth-order valence-electron chi connectivity index (χ4n) is 1.81. The summed E-state index contributed by atoms with van der Waals surface area (Å²) in [6.45, 7) is -0.451. The van der Waals surface area contributed by atoms with Crippen LogP contribution < -0.4 is 10.4 Å². The average Bonchev–Trinajstić information content (AvgIpc) is 2.66. The summed E-state index contributed by atoms with van der Waals surface area (Å²) < 4.78 is 11.0. The number of methoxy groups -OCH3 is 1. The van der Waals surface area contributed by atoms with E-state index in [1.807, 2.05) is 0 Å². The first kappa shape index (κ1) is 13.0. The monoisotopic (exact) mass is 258 g/mol. The van der Waals surface area contributed by atoms with Gasteiger partial charge in [-0.3, -0.25) is 4.57 Å². The molecule has 100 valence electrons. The Hall–Kier alpha value is -1.48. The van der Waals surface area contributed by atoms with Crippen molar-refractivity contribution in [1.29, 1.82) is 0 Å². The lowest BCUT2D eigenvalue weighted by molar-refractivity contribution is -0.0550. The molecule has 1 aromatic heterocycles. The average molecular weight is 258 g/mol.